The summed E-state index contributed by atoms with van der Waals surface area (Å²) in [5.41, 5.74) is 5.84. The van der Waals surface area contributed by atoms with Crippen molar-refractivity contribution in [3.63, 3.8) is 0 Å². The molecule has 0 radical (unpaired) electrons. The van der Waals surface area contributed by atoms with Gasteiger partial charge in [-0.25, -0.2) is 0 Å². The average molecular weight is 254 g/mol. The zero-order valence-corrected chi connectivity index (χ0v) is 11.3. The summed E-state index contributed by atoms with van der Waals surface area (Å²) in [6.07, 6.45) is 3.86. The molecule has 0 bridgehead atoms. The molecule has 0 aromatic carbocycles. The van der Waals surface area contributed by atoms with Crippen LogP contribution in [0.1, 0.15) is 35.6 Å². The topological polar surface area (TPSA) is 47.3 Å². The van der Waals surface area contributed by atoms with E-state index in [0.29, 0.717) is 12.6 Å². The molecule has 0 aliphatic carbocycles. The minimum absolute atomic E-state index is 0.282. The standard InChI is InChI=1S/C13H22N2OS/c1-2-11-5-6-13(17-11)12(8-14)15-9-10-4-3-7-16-10/h5-6,10,12,15H,2-4,7-9,14H2,1H3. The molecule has 0 amide bonds. The van der Waals surface area contributed by atoms with Crippen molar-refractivity contribution in [2.24, 2.45) is 5.73 Å². The van der Waals surface area contributed by atoms with Crippen LogP contribution in [0.25, 0.3) is 0 Å². The van der Waals surface area contributed by atoms with Crippen molar-refractivity contribution in [2.45, 2.75) is 38.3 Å². The molecule has 4 heteroatoms. The maximum atomic E-state index is 5.84. The summed E-state index contributed by atoms with van der Waals surface area (Å²) in [7, 11) is 0. The largest absolute Gasteiger partial charge is 0.377 e. The summed E-state index contributed by atoms with van der Waals surface area (Å²) >= 11 is 1.86. The van der Waals surface area contributed by atoms with Crippen molar-refractivity contribution in [2.75, 3.05) is 19.7 Å². The van der Waals surface area contributed by atoms with E-state index in [0.717, 1.165) is 19.6 Å². The van der Waals surface area contributed by atoms with E-state index in [4.69, 9.17) is 10.5 Å². The van der Waals surface area contributed by atoms with E-state index in [1.165, 1.54) is 22.6 Å². The van der Waals surface area contributed by atoms with E-state index >= 15 is 0 Å². The summed E-state index contributed by atoms with van der Waals surface area (Å²) < 4.78 is 5.61. The van der Waals surface area contributed by atoms with Gasteiger partial charge in [0.05, 0.1) is 12.1 Å². The van der Waals surface area contributed by atoms with Gasteiger partial charge in [0.1, 0.15) is 0 Å². The molecular weight excluding hydrogens is 232 g/mol. The predicted octanol–water partition coefficient (Wildman–Crippen LogP) is 2.08. The van der Waals surface area contributed by atoms with Crippen LogP contribution in [0.2, 0.25) is 0 Å². The van der Waals surface area contributed by atoms with Crippen LogP contribution in [-0.4, -0.2) is 25.8 Å². The Morgan fingerprint density at radius 3 is 3.06 bits per heavy atom. The molecule has 17 heavy (non-hydrogen) atoms. The zero-order chi connectivity index (χ0) is 12.1. The maximum absolute atomic E-state index is 5.84. The van der Waals surface area contributed by atoms with E-state index in [-0.39, 0.29) is 6.04 Å². The lowest BCUT2D eigenvalue weighted by Crippen LogP contribution is -2.33. The lowest BCUT2D eigenvalue weighted by Gasteiger charge is -2.18. The minimum atomic E-state index is 0.282. The number of rotatable bonds is 6. The highest BCUT2D eigenvalue weighted by Crippen LogP contribution is 2.23. The number of hydrogen-bond acceptors (Lipinski definition) is 4. The Labute approximate surface area is 107 Å². The molecule has 1 aliphatic rings. The molecule has 2 heterocycles. The van der Waals surface area contributed by atoms with Crippen molar-refractivity contribution in [3.8, 4) is 0 Å². The minimum Gasteiger partial charge on any atom is -0.377 e. The molecule has 1 saturated heterocycles. The normalized spacial score (nSPS) is 21.9. The number of nitrogens with one attached hydrogen (secondary N) is 1. The molecule has 1 aromatic rings. The van der Waals surface area contributed by atoms with Crippen molar-refractivity contribution in [1.82, 2.24) is 5.32 Å². The number of aryl methyl sites for hydroxylation is 1. The molecule has 2 rings (SSSR count). The van der Waals surface area contributed by atoms with Gasteiger partial charge in [-0.1, -0.05) is 6.92 Å². The van der Waals surface area contributed by atoms with Crippen LogP contribution in [0.5, 0.6) is 0 Å². The zero-order valence-electron chi connectivity index (χ0n) is 10.4. The van der Waals surface area contributed by atoms with Crippen LogP contribution in [0, 0.1) is 0 Å². The first kappa shape index (κ1) is 13.0. The lowest BCUT2D eigenvalue weighted by molar-refractivity contribution is 0.108. The fraction of sp³-hybridized carbons (Fsp3) is 0.692. The third-order valence-corrected chi connectivity index (χ3v) is 4.57. The van der Waals surface area contributed by atoms with Crippen LogP contribution in [0.15, 0.2) is 12.1 Å². The molecule has 1 aromatic heterocycles. The van der Waals surface area contributed by atoms with Gasteiger partial charge >= 0.3 is 0 Å². The first-order chi connectivity index (χ1) is 8.33. The summed E-state index contributed by atoms with van der Waals surface area (Å²) in [5.74, 6) is 0. The molecular formula is C13H22N2OS. The average Bonchev–Trinajstić information content (AvgIpc) is 3.00. The second kappa shape index (κ2) is 6.50. The molecule has 2 unspecified atom stereocenters. The molecule has 96 valence electrons. The number of nitrogens with two attached hydrogens (primary N) is 1. The smallest absolute Gasteiger partial charge is 0.0700 e. The number of thiophene rings is 1. The van der Waals surface area contributed by atoms with Crippen LogP contribution in [0.4, 0.5) is 0 Å². The molecule has 2 atom stereocenters. The fourth-order valence-corrected chi connectivity index (χ4v) is 3.19. The van der Waals surface area contributed by atoms with Crippen LogP contribution >= 0.6 is 11.3 Å². The number of ether oxygens (including phenoxy) is 1. The Hall–Kier alpha value is -0.420. The first-order valence-corrected chi connectivity index (χ1v) is 7.28. The van der Waals surface area contributed by atoms with E-state index in [1.807, 2.05) is 11.3 Å². The lowest BCUT2D eigenvalue weighted by atomic mass is 10.2. The Bertz CT molecular complexity index is 334. The second-order valence-electron chi connectivity index (χ2n) is 4.49. The highest BCUT2D eigenvalue weighted by molar-refractivity contribution is 7.12. The monoisotopic (exact) mass is 254 g/mol. The summed E-state index contributed by atoms with van der Waals surface area (Å²) in [6, 6.07) is 4.68. The van der Waals surface area contributed by atoms with E-state index < -0.39 is 0 Å². The summed E-state index contributed by atoms with van der Waals surface area (Å²) in [4.78, 5) is 2.78. The van der Waals surface area contributed by atoms with Crippen LogP contribution in [0.3, 0.4) is 0 Å². The molecule has 1 fully saturated rings. The third kappa shape index (κ3) is 3.52. The van der Waals surface area contributed by atoms with Crippen molar-refractivity contribution in [3.05, 3.63) is 21.9 Å². The van der Waals surface area contributed by atoms with Gasteiger partial charge in [0.2, 0.25) is 0 Å². The SMILES string of the molecule is CCc1ccc(C(CN)NCC2CCCO2)s1. The van der Waals surface area contributed by atoms with E-state index in [1.54, 1.807) is 0 Å². The fourth-order valence-electron chi connectivity index (χ4n) is 2.15. The summed E-state index contributed by atoms with van der Waals surface area (Å²) in [6.45, 7) is 4.67. The predicted molar refractivity (Wildman–Crippen MR) is 72.5 cm³/mol. The molecule has 1 aliphatic heterocycles. The van der Waals surface area contributed by atoms with Crippen LogP contribution < -0.4 is 11.1 Å². The Balaban J connectivity index is 1.86. The molecule has 3 nitrogen and oxygen atoms in total. The van der Waals surface area contributed by atoms with Gasteiger partial charge in [-0.05, 0) is 31.4 Å². The Kier molecular flexibility index (Phi) is 4.98. The molecule has 0 spiro atoms. The van der Waals surface area contributed by atoms with Crippen molar-refractivity contribution < 1.29 is 4.74 Å². The highest BCUT2D eigenvalue weighted by atomic mass is 32.1. The van der Waals surface area contributed by atoms with Gasteiger partial charge in [-0.15, -0.1) is 11.3 Å². The second-order valence-corrected chi connectivity index (χ2v) is 5.69. The maximum Gasteiger partial charge on any atom is 0.0700 e. The summed E-state index contributed by atoms with van der Waals surface area (Å²) in [5, 5.41) is 3.53. The Morgan fingerprint density at radius 2 is 2.47 bits per heavy atom. The van der Waals surface area contributed by atoms with Gasteiger partial charge < -0.3 is 15.8 Å². The Morgan fingerprint density at radius 1 is 1.59 bits per heavy atom. The van der Waals surface area contributed by atoms with E-state index in [2.05, 4.69) is 24.4 Å². The molecule has 0 saturated carbocycles. The van der Waals surface area contributed by atoms with Crippen molar-refractivity contribution >= 4 is 11.3 Å². The van der Waals surface area contributed by atoms with Gasteiger partial charge in [-0.2, -0.15) is 0 Å². The van der Waals surface area contributed by atoms with E-state index in [9.17, 15) is 0 Å². The first-order valence-electron chi connectivity index (χ1n) is 6.47. The van der Waals surface area contributed by atoms with Gasteiger partial charge in [0.25, 0.3) is 0 Å². The quantitative estimate of drug-likeness (QED) is 0.817. The number of hydrogen-bond donors (Lipinski definition) is 2. The van der Waals surface area contributed by atoms with Gasteiger partial charge in [-0.3, -0.25) is 0 Å². The van der Waals surface area contributed by atoms with Crippen molar-refractivity contribution in [1.29, 1.82) is 0 Å². The van der Waals surface area contributed by atoms with Gasteiger partial charge in [0.15, 0.2) is 0 Å². The van der Waals surface area contributed by atoms with Crippen LogP contribution in [-0.2, 0) is 11.2 Å². The third-order valence-electron chi connectivity index (χ3n) is 3.23. The molecule has 3 N–H and O–H groups in total. The van der Waals surface area contributed by atoms with Gasteiger partial charge in [0, 0.05) is 29.5 Å². The highest BCUT2D eigenvalue weighted by Gasteiger charge is 2.18.